The van der Waals surface area contributed by atoms with E-state index >= 15 is 0 Å². The minimum Gasteiger partial charge on any atom is -0.397 e. The Bertz CT molecular complexity index is 627. The summed E-state index contributed by atoms with van der Waals surface area (Å²) in [6.45, 7) is 3.67. The van der Waals surface area contributed by atoms with Crippen LogP contribution in [0, 0.1) is 5.82 Å². The van der Waals surface area contributed by atoms with E-state index in [4.69, 9.17) is 10.5 Å². The molecule has 3 N–H and O–H groups in total. The highest BCUT2D eigenvalue weighted by Crippen LogP contribution is 2.35. The highest BCUT2D eigenvalue weighted by Gasteiger charge is 2.18. The topological polar surface area (TPSA) is 64.3 Å². The molecule has 1 aromatic heterocycles. The molecule has 0 aliphatic rings. The third kappa shape index (κ3) is 3.71. The molecule has 6 heteroatoms. The van der Waals surface area contributed by atoms with Gasteiger partial charge in [-0.25, -0.2) is 4.39 Å². The number of fused-ring (bicyclic) bond motifs is 1. The molecule has 2 rings (SSSR count). The summed E-state index contributed by atoms with van der Waals surface area (Å²) in [5.74, 6) is -0.685. The van der Waals surface area contributed by atoms with Crippen molar-refractivity contribution in [2.24, 2.45) is 0 Å². The first-order chi connectivity index (χ1) is 10.1. The second-order valence-corrected chi connectivity index (χ2v) is 5.73. The number of amides is 1. The number of benzene rings is 1. The quantitative estimate of drug-likeness (QED) is 0.772. The van der Waals surface area contributed by atoms with E-state index in [1.165, 1.54) is 17.4 Å². The van der Waals surface area contributed by atoms with Crippen molar-refractivity contribution in [3.8, 4) is 0 Å². The Labute approximate surface area is 127 Å². The van der Waals surface area contributed by atoms with Crippen LogP contribution in [0.3, 0.4) is 0 Å². The maximum Gasteiger partial charge on any atom is 0.263 e. The first kappa shape index (κ1) is 15.7. The van der Waals surface area contributed by atoms with Crippen LogP contribution in [0.2, 0.25) is 0 Å². The fraction of sp³-hybridized carbons (Fsp3) is 0.400. The standard InChI is InChI=1S/C15H19FN2O2S/c1-2-3-8-20-9-7-18-15(19)14-13(17)12-10(16)5-4-6-11(12)21-14/h4-6H,2-3,7-9,17H2,1H3,(H,18,19). The van der Waals surface area contributed by atoms with Gasteiger partial charge in [-0.3, -0.25) is 4.79 Å². The van der Waals surface area contributed by atoms with Gasteiger partial charge in [-0.2, -0.15) is 0 Å². The largest absolute Gasteiger partial charge is 0.397 e. The van der Waals surface area contributed by atoms with E-state index in [2.05, 4.69) is 12.2 Å². The second-order valence-electron chi connectivity index (χ2n) is 4.68. The summed E-state index contributed by atoms with van der Waals surface area (Å²) in [6, 6.07) is 4.70. The number of thiophene rings is 1. The van der Waals surface area contributed by atoms with Crippen LogP contribution in [0.1, 0.15) is 29.4 Å². The summed E-state index contributed by atoms with van der Waals surface area (Å²) in [5.41, 5.74) is 6.10. The van der Waals surface area contributed by atoms with Crippen LogP contribution in [0.4, 0.5) is 10.1 Å². The molecule has 0 unspecified atom stereocenters. The molecule has 0 fully saturated rings. The zero-order chi connectivity index (χ0) is 15.2. The van der Waals surface area contributed by atoms with Crippen molar-refractivity contribution in [3.63, 3.8) is 0 Å². The first-order valence-electron chi connectivity index (χ1n) is 6.97. The highest BCUT2D eigenvalue weighted by molar-refractivity contribution is 7.21. The fourth-order valence-electron chi connectivity index (χ4n) is 1.96. The molecular weight excluding hydrogens is 291 g/mol. The lowest BCUT2D eigenvalue weighted by molar-refractivity contribution is 0.0917. The third-order valence-corrected chi connectivity index (χ3v) is 4.25. The van der Waals surface area contributed by atoms with Crippen LogP contribution in [0.5, 0.6) is 0 Å². The molecule has 0 atom stereocenters. The average Bonchev–Trinajstić information content (AvgIpc) is 2.81. The van der Waals surface area contributed by atoms with Gasteiger partial charge in [0.15, 0.2) is 0 Å². The molecular formula is C15H19FN2O2S. The molecule has 0 radical (unpaired) electrons. The molecule has 1 aromatic carbocycles. The molecule has 1 amide bonds. The van der Waals surface area contributed by atoms with E-state index < -0.39 is 5.82 Å². The number of carbonyl (C=O) groups is 1. The van der Waals surface area contributed by atoms with Gasteiger partial charge in [0.2, 0.25) is 0 Å². The first-order valence-corrected chi connectivity index (χ1v) is 7.79. The molecule has 2 aromatic rings. The maximum absolute atomic E-state index is 13.7. The number of hydrogen-bond acceptors (Lipinski definition) is 4. The lowest BCUT2D eigenvalue weighted by Gasteiger charge is -2.05. The molecule has 21 heavy (non-hydrogen) atoms. The Morgan fingerprint density at radius 3 is 2.95 bits per heavy atom. The monoisotopic (exact) mass is 310 g/mol. The van der Waals surface area contributed by atoms with E-state index in [-0.39, 0.29) is 11.6 Å². The van der Waals surface area contributed by atoms with Crippen LogP contribution in [-0.4, -0.2) is 25.7 Å². The zero-order valence-corrected chi connectivity index (χ0v) is 12.8. The van der Waals surface area contributed by atoms with Crippen LogP contribution in [0.15, 0.2) is 18.2 Å². The molecule has 0 bridgehead atoms. The lowest BCUT2D eigenvalue weighted by Crippen LogP contribution is -2.27. The molecule has 0 aliphatic carbocycles. The minimum atomic E-state index is -0.400. The second kappa shape index (κ2) is 7.38. The average molecular weight is 310 g/mol. The normalized spacial score (nSPS) is 11.0. The van der Waals surface area contributed by atoms with Crippen molar-refractivity contribution in [1.29, 1.82) is 0 Å². The lowest BCUT2D eigenvalue weighted by atomic mass is 10.2. The summed E-state index contributed by atoms with van der Waals surface area (Å²) >= 11 is 1.20. The Balaban J connectivity index is 1.97. The minimum absolute atomic E-state index is 0.206. The van der Waals surface area contributed by atoms with Crippen molar-refractivity contribution in [3.05, 3.63) is 28.9 Å². The van der Waals surface area contributed by atoms with Crippen molar-refractivity contribution >= 4 is 33.0 Å². The van der Waals surface area contributed by atoms with Gasteiger partial charge >= 0.3 is 0 Å². The van der Waals surface area contributed by atoms with E-state index in [1.807, 2.05) is 0 Å². The molecule has 4 nitrogen and oxygen atoms in total. The summed E-state index contributed by atoms with van der Waals surface area (Å²) in [6.07, 6.45) is 2.09. The van der Waals surface area contributed by atoms with Gasteiger partial charge in [-0.05, 0) is 18.6 Å². The van der Waals surface area contributed by atoms with Gasteiger partial charge in [-0.1, -0.05) is 19.4 Å². The Hall–Kier alpha value is -1.66. The van der Waals surface area contributed by atoms with Gasteiger partial charge in [0, 0.05) is 17.9 Å². The SMILES string of the molecule is CCCCOCCNC(=O)c1sc2cccc(F)c2c1N. The van der Waals surface area contributed by atoms with E-state index in [1.54, 1.807) is 12.1 Å². The number of anilines is 1. The van der Waals surface area contributed by atoms with Crippen LogP contribution in [-0.2, 0) is 4.74 Å². The molecule has 114 valence electrons. The fourth-order valence-corrected chi connectivity index (χ4v) is 3.02. The molecule has 0 spiro atoms. The number of nitrogens with two attached hydrogens (primary N) is 1. The Morgan fingerprint density at radius 2 is 2.24 bits per heavy atom. The van der Waals surface area contributed by atoms with Gasteiger partial charge in [0.1, 0.15) is 10.7 Å². The number of hydrogen-bond donors (Lipinski definition) is 2. The summed E-state index contributed by atoms with van der Waals surface area (Å²) in [5, 5.41) is 3.07. The van der Waals surface area contributed by atoms with Gasteiger partial charge in [-0.15, -0.1) is 11.3 Å². The van der Waals surface area contributed by atoms with Crippen LogP contribution in [0.25, 0.3) is 10.1 Å². The van der Waals surface area contributed by atoms with Crippen molar-refractivity contribution in [2.45, 2.75) is 19.8 Å². The van der Waals surface area contributed by atoms with Gasteiger partial charge in [0.25, 0.3) is 5.91 Å². The number of carbonyl (C=O) groups excluding carboxylic acids is 1. The number of halogens is 1. The summed E-state index contributed by atoms with van der Waals surface area (Å²) in [7, 11) is 0. The number of nitrogen functional groups attached to an aromatic ring is 1. The number of ether oxygens (including phenoxy) is 1. The van der Waals surface area contributed by atoms with Crippen LogP contribution < -0.4 is 11.1 Å². The Morgan fingerprint density at radius 1 is 1.43 bits per heavy atom. The van der Waals surface area contributed by atoms with E-state index in [0.717, 1.165) is 12.8 Å². The van der Waals surface area contributed by atoms with Crippen molar-refractivity contribution in [2.75, 3.05) is 25.5 Å². The molecule has 0 saturated heterocycles. The summed E-state index contributed by atoms with van der Waals surface area (Å²) in [4.78, 5) is 12.4. The number of rotatable bonds is 7. The van der Waals surface area contributed by atoms with Crippen molar-refractivity contribution < 1.29 is 13.9 Å². The predicted molar refractivity (Wildman–Crippen MR) is 84.3 cm³/mol. The van der Waals surface area contributed by atoms with Gasteiger partial charge < -0.3 is 15.8 Å². The summed E-state index contributed by atoms with van der Waals surface area (Å²) < 4.78 is 19.8. The number of unbranched alkanes of at least 4 members (excludes halogenated alkanes) is 1. The van der Waals surface area contributed by atoms with E-state index in [9.17, 15) is 9.18 Å². The Kier molecular flexibility index (Phi) is 5.52. The highest BCUT2D eigenvalue weighted by atomic mass is 32.1. The van der Waals surface area contributed by atoms with E-state index in [0.29, 0.717) is 34.7 Å². The molecule has 0 saturated carbocycles. The van der Waals surface area contributed by atoms with Gasteiger partial charge in [0.05, 0.1) is 17.7 Å². The molecule has 0 aliphatic heterocycles. The smallest absolute Gasteiger partial charge is 0.263 e. The van der Waals surface area contributed by atoms with Crippen LogP contribution >= 0.6 is 11.3 Å². The van der Waals surface area contributed by atoms with Crippen molar-refractivity contribution in [1.82, 2.24) is 5.32 Å². The third-order valence-electron chi connectivity index (χ3n) is 3.08. The zero-order valence-electron chi connectivity index (χ0n) is 11.9. The predicted octanol–water partition coefficient (Wildman–Crippen LogP) is 3.17. The molecule has 1 heterocycles. The maximum atomic E-state index is 13.7. The number of nitrogens with one attached hydrogen (secondary N) is 1.